The number of hydrogen-bond acceptors (Lipinski definition) is 3. The number of ether oxygens (including phenoxy) is 1. The van der Waals surface area contributed by atoms with Crippen molar-refractivity contribution in [1.82, 2.24) is 0 Å². The number of rotatable bonds is 7. The molecule has 0 spiro atoms. The molecule has 118 valence electrons. The molecule has 2 N–H and O–H groups in total. The second-order valence-corrected chi connectivity index (χ2v) is 6.48. The topological polar surface area (TPSA) is 52.3 Å². The van der Waals surface area contributed by atoms with Crippen LogP contribution in [0.4, 0.5) is 0 Å². The fourth-order valence-corrected chi connectivity index (χ4v) is 2.76. The van der Waals surface area contributed by atoms with Gasteiger partial charge in [0, 0.05) is 11.5 Å². The minimum absolute atomic E-state index is 0.0763. The molecule has 1 rings (SSSR count). The van der Waals surface area contributed by atoms with Crippen molar-refractivity contribution < 1.29 is 9.53 Å². The van der Waals surface area contributed by atoms with E-state index in [1.54, 1.807) is 0 Å². The van der Waals surface area contributed by atoms with Crippen molar-refractivity contribution in [2.24, 2.45) is 11.7 Å². The van der Waals surface area contributed by atoms with Gasteiger partial charge in [0.25, 0.3) is 0 Å². The van der Waals surface area contributed by atoms with E-state index in [2.05, 4.69) is 45.0 Å². The van der Waals surface area contributed by atoms with Crippen LogP contribution in [0.2, 0.25) is 0 Å². The van der Waals surface area contributed by atoms with Gasteiger partial charge in [-0.1, -0.05) is 52.0 Å². The van der Waals surface area contributed by atoms with Gasteiger partial charge in [-0.3, -0.25) is 4.79 Å². The molecule has 0 aromatic heterocycles. The summed E-state index contributed by atoms with van der Waals surface area (Å²) in [6.07, 6.45) is 2.19. The number of esters is 1. The Balaban J connectivity index is 3.05. The van der Waals surface area contributed by atoms with Gasteiger partial charge in [0.15, 0.2) is 0 Å². The van der Waals surface area contributed by atoms with Crippen molar-refractivity contribution in [3.05, 3.63) is 35.4 Å². The van der Waals surface area contributed by atoms with Crippen LogP contribution in [0, 0.1) is 5.92 Å². The molecule has 0 fully saturated rings. The van der Waals surface area contributed by atoms with Crippen molar-refractivity contribution in [1.29, 1.82) is 0 Å². The first-order chi connectivity index (χ1) is 9.83. The minimum Gasteiger partial charge on any atom is -0.469 e. The molecule has 0 saturated heterocycles. The Morgan fingerprint density at radius 2 is 1.86 bits per heavy atom. The molecule has 0 saturated carbocycles. The molecule has 0 amide bonds. The van der Waals surface area contributed by atoms with Gasteiger partial charge in [0.05, 0.1) is 13.5 Å². The summed E-state index contributed by atoms with van der Waals surface area (Å²) in [5, 5.41) is 0. The van der Waals surface area contributed by atoms with Crippen LogP contribution in [0.5, 0.6) is 0 Å². The van der Waals surface area contributed by atoms with Gasteiger partial charge in [-0.25, -0.2) is 0 Å². The van der Waals surface area contributed by atoms with E-state index in [1.165, 1.54) is 12.7 Å². The Labute approximate surface area is 128 Å². The molecule has 0 aliphatic heterocycles. The lowest BCUT2D eigenvalue weighted by Gasteiger charge is -2.35. The zero-order valence-corrected chi connectivity index (χ0v) is 14.0. The molecule has 3 nitrogen and oxygen atoms in total. The molecule has 0 bridgehead atoms. The Hall–Kier alpha value is -1.35. The fourth-order valence-electron chi connectivity index (χ4n) is 2.76. The Morgan fingerprint density at radius 3 is 2.29 bits per heavy atom. The summed E-state index contributed by atoms with van der Waals surface area (Å²) in [6.45, 7) is 8.52. The van der Waals surface area contributed by atoms with Crippen LogP contribution in [-0.2, 0) is 21.4 Å². The Bertz CT molecular complexity index is 453. The second kappa shape index (κ2) is 7.60. The number of carbonyl (C=O) groups excluding carboxylic acids is 1. The first kappa shape index (κ1) is 17.7. The Morgan fingerprint density at radius 1 is 1.29 bits per heavy atom. The smallest absolute Gasteiger partial charge is 0.306 e. The largest absolute Gasteiger partial charge is 0.469 e. The quantitative estimate of drug-likeness (QED) is 0.783. The maximum absolute atomic E-state index is 11.8. The summed E-state index contributed by atoms with van der Waals surface area (Å²) < 4.78 is 4.84. The molecule has 3 heteroatoms. The van der Waals surface area contributed by atoms with E-state index in [0.717, 1.165) is 18.4 Å². The Kier molecular flexibility index (Phi) is 6.41. The summed E-state index contributed by atoms with van der Waals surface area (Å²) >= 11 is 0. The van der Waals surface area contributed by atoms with E-state index in [9.17, 15) is 4.79 Å². The van der Waals surface area contributed by atoms with Gasteiger partial charge in [-0.05, 0) is 29.9 Å². The first-order valence-electron chi connectivity index (χ1n) is 7.75. The van der Waals surface area contributed by atoms with Crippen molar-refractivity contribution in [2.75, 3.05) is 7.11 Å². The maximum atomic E-state index is 11.8. The van der Waals surface area contributed by atoms with Gasteiger partial charge in [0.2, 0.25) is 0 Å². The lowest BCUT2D eigenvalue weighted by molar-refractivity contribution is -0.142. The van der Waals surface area contributed by atoms with Gasteiger partial charge < -0.3 is 10.5 Å². The summed E-state index contributed by atoms with van der Waals surface area (Å²) in [5.41, 5.74) is 8.33. The maximum Gasteiger partial charge on any atom is 0.306 e. The van der Waals surface area contributed by atoms with Crippen molar-refractivity contribution in [2.45, 2.75) is 58.4 Å². The highest BCUT2D eigenvalue weighted by Gasteiger charge is 2.35. The molecule has 0 aliphatic carbocycles. The molecule has 2 atom stereocenters. The number of carbonyl (C=O) groups is 1. The highest BCUT2D eigenvalue weighted by molar-refractivity contribution is 5.71. The van der Waals surface area contributed by atoms with Crippen molar-refractivity contribution in [3.63, 3.8) is 0 Å². The van der Waals surface area contributed by atoms with E-state index in [-0.39, 0.29) is 12.0 Å². The molecule has 1 aromatic carbocycles. The zero-order chi connectivity index (χ0) is 16.0. The van der Waals surface area contributed by atoms with Gasteiger partial charge in [0.1, 0.15) is 0 Å². The molecule has 21 heavy (non-hydrogen) atoms. The normalized spacial score (nSPS) is 15.6. The minimum atomic E-state index is -0.391. The average Bonchev–Trinajstić information content (AvgIpc) is 2.46. The molecule has 0 radical (unpaired) electrons. The SMILES string of the molecule is CCC(N)C(C)(CC(=O)OC)c1ccc(CC(C)C)cc1. The third kappa shape index (κ3) is 4.57. The summed E-state index contributed by atoms with van der Waals surface area (Å²) in [4.78, 5) is 11.8. The molecular weight excluding hydrogens is 262 g/mol. The van der Waals surface area contributed by atoms with Crippen LogP contribution in [0.1, 0.15) is 51.7 Å². The van der Waals surface area contributed by atoms with E-state index in [4.69, 9.17) is 10.5 Å². The first-order valence-corrected chi connectivity index (χ1v) is 7.75. The lowest BCUT2D eigenvalue weighted by Crippen LogP contribution is -2.44. The number of hydrogen-bond donors (Lipinski definition) is 1. The predicted octanol–water partition coefficient (Wildman–Crippen LogP) is 3.44. The van der Waals surface area contributed by atoms with E-state index in [0.29, 0.717) is 12.3 Å². The average molecular weight is 291 g/mol. The van der Waals surface area contributed by atoms with Crippen molar-refractivity contribution in [3.8, 4) is 0 Å². The summed E-state index contributed by atoms with van der Waals surface area (Å²) in [6, 6.07) is 8.43. The van der Waals surface area contributed by atoms with Crippen LogP contribution in [0.25, 0.3) is 0 Å². The highest BCUT2D eigenvalue weighted by Crippen LogP contribution is 2.32. The van der Waals surface area contributed by atoms with Crippen LogP contribution in [-0.4, -0.2) is 19.1 Å². The second-order valence-electron chi connectivity index (χ2n) is 6.48. The molecule has 1 aromatic rings. The van der Waals surface area contributed by atoms with Crippen LogP contribution in [0.15, 0.2) is 24.3 Å². The highest BCUT2D eigenvalue weighted by atomic mass is 16.5. The van der Waals surface area contributed by atoms with E-state index >= 15 is 0 Å². The third-order valence-corrected chi connectivity index (χ3v) is 4.25. The summed E-state index contributed by atoms with van der Waals surface area (Å²) in [7, 11) is 1.42. The van der Waals surface area contributed by atoms with Crippen LogP contribution >= 0.6 is 0 Å². The predicted molar refractivity (Wildman–Crippen MR) is 87.2 cm³/mol. The summed E-state index contributed by atoms with van der Waals surface area (Å²) in [5.74, 6) is 0.419. The molecule has 0 heterocycles. The number of nitrogens with two attached hydrogens (primary N) is 1. The van der Waals surface area contributed by atoms with Gasteiger partial charge in [-0.15, -0.1) is 0 Å². The molecule has 0 aliphatic rings. The fraction of sp³-hybridized carbons (Fsp3) is 0.611. The monoisotopic (exact) mass is 291 g/mol. The van der Waals surface area contributed by atoms with E-state index in [1.807, 2.05) is 6.92 Å². The molecule has 2 unspecified atom stereocenters. The van der Waals surface area contributed by atoms with Crippen molar-refractivity contribution >= 4 is 5.97 Å². The molecular formula is C18H29NO2. The van der Waals surface area contributed by atoms with E-state index < -0.39 is 5.41 Å². The third-order valence-electron chi connectivity index (χ3n) is 4.25. The van der Waals surface area contributed by atoms with Gasteiger partial charge in [-0.2, -0.15) is 0 Å². The lowest BCUT2D eigenvalue weighted by atomic mass is 9.72. The number of benzene rings is 1. The number of methoxy groups -OCH3 is 1. The standard InChI is InChI=1S/C18H29NO2/c1-6-16(19)18(4,12-17(20)21-5)15-9-7-14(8-10-15)11-13(2)3/h7-10,13,16H,6,11-12,19H2,1-5H3. The van der Waals surface area contributed by atoms with Gasteiger partial charge >= 0.3 is 5.97 Å². The van der Waals surface area contributed by atoms with Crippen LogP contribution < -0.4 is 5.73 Å². The zero-order valence-electron chi connectivity index (χ0n) is 14.0. The van der Waals surface area contributed by atoms with Crippen LogP contribution in [0.3, 0.4) is 0 Å².